The number of hydrogen-bond acceptors (Lipinski definition) is 2. The van der Waals surface area contributed by atoms with Crippen molar-refractivity contribution in [2.45, 2.75) is 19.9 Å². The van der Waals surface area contributed by atoms with Gasteiger partial charge in [-0.05, 0) is 6.42 Å². The third-order valence-corrected chi connectivity index (χ3v) is 1.57. The predicted molar refractivity (Wildman–Crippen MR) is 53.0 cm³/mol. The number of aryl methyl sites for hydroxylation is 1. The largest absolute Gasteiger partial charge is 0.485 e. The Labute approximate surface area is 83.0 Å². The molecule has 1 aromatic heterocycles. The Morgan fingerprint density at radius 1 is 1.77 bits per heavy atom. The second-order valence-corrected chi connectivity index (χ2v) is 3.28. The minimum Gasteiger partial charge on any atom is -0.485 e. The predicted octanol–water partition coefficient (Wildman–Crippen LogP) is 2.42. The van der Waals surface area contributed by atoms with Crippen LogP contribution in [0.1, 0.15) is 13.3 Å². The van der Waals surface area contributed by atoms with E-state index < -0.39 is 0 Å². The molecule has 1 aromatic rings. The van der Waals surface area contributed by atoms with Gasteiger partial charge in [0.15, 0.2) is 5.75 Å². The molecular formula is C9H13ClN2O. The maximum Gasteiger partial charge on any atom is 0.157 e. The van der Waals surface area contributed by atoms with Gasteiger partial charge >= 0.3 is 0 Å². The van der Waals surface area contributed by atoms with Crippen LogP contribution in [0.25, 0.3) is 0 Å². The molecule has 3 nitrogen and oxygen atoms in total. The highest BCUT2D eigenvalue weighted by Gasteiger charge is 1.98. The molecule has 72 valence electrons. The Kier molecular flexibility index (Phi) is 3.83. The first-order valence-corrected chi connectivity index (χ1v) is 4.58. The number of aromatic nitrogens is 2. The molecule has 0 aliphatic heterocycles. The van der Waals surface area contributed by atoms with Crippen molar-refractivity contribution in [1.82, 2.24) is 9.78 Å². The Bertz CT molecular complexity index is 283. The lowest BCUT2D eigenvalue weighted by molar-refractivity contribution is 0.359. The summed E-state index contributed by atoms with van der Waals surface area (Å²) >= 11 is 5.55. The van der Waals surface area contributed by atoms with Gasteiger partial charge in [-0.15, -0.1) is 0 Å². The van der Waals surface area contributed by atoms with Gasteiger partial charge in [0.2, 0.25) is 0 Å². The topological polar surface area (TPSA) is 27.1 Å². The fourth-order valence-corrected chi connectivity index (χ4v) is 0.987. The summed E-state index contributed by atoms with van der Waals surface area (Å²) in [5, 5.41) is 4.59. The maximum absolute atomic E-state index is 5.55. The third kappa shape index (κ3) is 3.51. The number of rotatable bonds is 5. The van der Waals surface area contributed by atoms with E-state index >= 15 is 0 Å². The number of ether oxygens (including phenoxy) is 1. The summed E-state index contributed by atoms with van der Waals surface area (Å²) < 4.78 is 7.12. The van der Waals surface area contributed by atoms with E-state index in [1.165, 1.54) is 0 Å². The van der Waals surface area contributed by atoms with Crippen LogP contribution in [0.15, 0.2) is 24.0 Å². The molecule has 0 unspecified atom stereocenters. The number of nitrogens with zero attached hydrogens (tertiary/aromatic N) is 2. The fourth-order valence-electron chi connectivity index (χ4n) is 0.932. The lowest BCUT2D eigenvalue weighted by Gasteiger charge is -1.99. The van der Waals surface area contributed by atoms with Gasteiger partial charge < -0.3 is 4.74 Å². The third-order valence-electron chi connectivity index (χ3n) is 1.46. The van der Waals surface area contributed by atoms with Crippen molar-refractivity contribution in [3.05, 3.63) is 24.0 Å². The van der Waals surface area contributed by atoms with Crippen LogP contribution < -0.4 is 4.74 Å². The number of halogens is 1. The minimum atomic E-state index is 0.333. The second kappa shape index (κ2) is 4.92. The molecule has 0 amide bonds. The molecule has 4 heteroatoms. The van der Waals surface area contributed by atoms with Gasteiger partial charge in [-0.2, -0.15) is 5.10 Å². The minimum absolute atomic E-state index is 0.333. The first-order chi connectivity index (χ1) is 6.22. The molecular weight excluding hydrogens is 188 g/mol. The Hall–Kier alpha value is -0.960. The normalized spacial score (nSPS) is 10.0. The number of hydrogen-bond donors (Lipinski definition) is 0. The molecule has 0 aromatic carbocycles. The van der Waals surface area contributed by atoms with E-state index in [0.29, 0.717) is 11.6 Å². The highest BCUT2D eigenvalue weighted by molar-refractivity contribution is 6.29. The lowest BCUT2D eigenvalue weighted by Crippen LogP contribution is -1.97. The molecule has 0 spiro atoms. The highest BCUT2D eigenvalue weighted by Crippen LogP contribution is 2.10. The van der Waals surface area contributed by atoms with Crippen LogP contribution >= 0.6 is 11.6 Å². The average molecular weight is 201 g/mol. The summed E-state index contributed by atoms with van der Waals surface area (Å²) in [6.07, 6.45) is 4.59. The van der Waals surface area contributed by atoms with Crippen LogP contribution in [-0.2, 0) is 6.54 Å². The molecule has 0 aliphatic carbocycles. The first kappa shape index (κ1) is 10.1. The molecule has 0 radical (unpaired) electrons. The maximum atomic E-state index is 5.55. The van der Waals surface area contributed by atoms with Crippen molar-refractivity contribution >= 4 is 11.6 Å². The van der Waals surface area contributed by atoms with Crippen molar-refractivity contribution in [2.75, 3.05) is 6.61 Å². The second-order valence-electron chi connectivity index (χ2n) is 2.75. The van der Waals surface area contributed by atoms with Gasteiger partial charge in [-0.25, -0.2) is 0 Å². The molecule has 0 fully saturated rings. The smallest absolute Gasteiger partial charge is 0.157 e. The molecule has 1 rings (SSSR count). The van der Waals surface area contributed by atoms with Gasteiger partial charge in [-0.1, -0.05) is 25.1 Å². The SMILES string of the molecule is C=C(Cl)COc1cnn(CCC)c1. The Morgan fingerprint density at radius 3 is 3.15 bits per heavy atom. The summed E-state index contributed by atoms with van der Waals surface area (Å²) in [5.74, 6) is 0.732. The molecule has 0 bridgehead atoms. The summed E-state index contributed by atoms with van der Waals surface area (Å²) in [7, 11) is 0. The van der Waals surface area contributed by atoms with Crippen molar-refractivity contribution in [2.24, 2.45) is 0 Å². The fraction of sp³-hybridized carbons (Fsp3) is 0.444. The van der Waals surface area contributed by atoms with Crippen molar-refractivity contribution in [3.63, 3.8) is 0 Å². The quantitative estimate of drug-likeness (QED) is 0.730. The lowest BCUT2D eigenvalue weighted by atomic mass is 10.5. The molecule has 0 saturated carbocycles. The molecule has 1 heterocycles. The van der Waals surface area contributed by atoms with Gasteiger partial charge in [-0.3, -0.25) is 4.68 Å². The average Bonchev–Trinajstić information content (AvgIpc) is 2.50. The summed E-state index contributed by atoms with van der Waals surface area (Å²) in [5.41, 5.74) is 0. The zero-order chi connectivity index (χ0) is 9.68. The van der Waals surface area contributed by atoms with Crippen LogP contribution in [-0.4, -0.2) is 16.4 Å². The Morgan fingerprint density at radius 2 is 2.54 bits per heavy atom. The van der Waals surface area contributed by atoms with E-state index in [0.717, 1.165) is 18.7 Å². The van der Waals surface area contributed by atoms with Crippen LogP contribution in [0.3, 0.4) is 0 Å². The van der Waals surface area contributed by atoms with Crippen LogP contribution in [0.4, 0.5) is 0 Å². The molecule has 0 saturated heterocycles. The molecule has 0 aliphatic rings. The monoisotopic (exact) mass is 200 g/mol. The van der Waals surface area contributed by atoms with Gasteiger partial charge in [0.1, 0.15) is 6.61 Å². The van der Waals surface area contributed by atoms with E-state index in [9.17, 15) is 0 Å². The van der Waals surface area contributed by atoms with Crippen molar-refractivity contribution < 1.29 is 4.74 Å². The zero-order valence-electron chi connectivity index (χ0n) is 7.66. The van der Waals surface area contributed by atoms with E-state index in [2.05, 4.69) is 18.6 Å². The van der Waals surface area contributed by atoms with Gasteiger partial charge in [0, 0.05) is 11.6 Å². The van der Waals surface area contributed by atoms with E-state index in [1.807, 2.05) is 10.9 Å². The van der Waals surface area contributed by atoms with Gasteiger partial charge in [0.25, 0.3) is 0 Å². The summed E-state index contributed by atoms with van der Waals surface area (Å²) in [4.78, 5) is 0. The van der Waals surface area contributed by atoms with Crippen molar-refractivity contribution in [1.29, 1.82) is 0 Å². The first-order valence-electron chi connectivity index (χ1n) is 4.21. The van der Waals surface area contributed by atoms with Crippen LogP contribution in [0, 0.1) is 0 Å². The van der Waals surface area contributed by atoms with E-state index in [-0.39, 0.29) is 0 Å². The van der Waals surface area contributed by atoms with Crippen LogP contribution in [0.5, 0.6) is 5.75 Å². The van der Waals surface area contributed by atoms with E-state index in [4.69, 9.17) is 16.3 Å². The summed E-state index contributed by atoms with van der Waals surface area (Å²) in [6, 6.07) is 0. The summed E-state index contributed by atoms with van der Waals surface area (Å²) in [6.45, 7) is 6.87. The molecule has 13 heavy (non-hydrogen) atoms. The standard InChI is InChI=1S/C9H13ClN2O/c1-3-4-12-6-9(5-11-12)13-7-8(2)10/h5-6H,2-4,7H2,1H3. The molecule has 0 atom stereocenters. The van der Waals surface area contributed by atoms with Crippen molar-refractivity contribution in [3.8, 4) is 5.75 Å². The zero-order valence-corrected chi connectivity index (χ0v) is 8.42. The molecule has 0 N–H and O–H groups in total. The highest BCUT2D eigenvalue weighted by atomic mass is 35.5. The van der Waals surface area contributed by atoms with E-state index in [1.54, 1.807) is 6.20 Å². The van der Waals surface area contributed by atoms with Crippen LogP contribution in [0.2, 0.25) is 0 Å². The Balaban J connectivity index is 2.44. The van der Waals surface area contributed by atoms with Gasteiger partial charge in [0.05, 0.1) is 12.4 Å².